The lowest BCUT2D eigenvalue weighted by atomic mass is 9.96. The maximum absolute atomic E-state index is 13.9. The van der Waals surface area contributed by atoms with E-state index in [9.17, 15) is 9.59 Å². The first-order valence-electron chi connectivity index (χ1n) is 15.1. The molecule has 0 aliphatic carbocycles. The molecule has 2 aliphatic heterocycles. The van der Waals surface area contributed by atoms with Gasteiger partial charge in [-0.25, -0.2) is 4.68 Å². The van der Waals surface area contributed by atoms with E-state index in [0.717, 1.165) is 39.9 Å². The van der Waals surface area contributed by atoms with Crippen molar-refractivity contribution in [2.24, 2.45) is 13.0 Å². The van der Waals surface area contributed by atoms with Crippen molar-refractivity contribution in [3.05, 3.63) is 88.4 Å². The Bertz CT molecular complexity index is 1610. The summed E-state index contributed by atoms with van der Waals surface area (Å²) in [6, 6.07) is 20.9. The van der Waals surface area contributed by atoms with Gasteiger partial charge in [-0.05, 0) is 78.3 Å². The van der Waals surface area contributed by atoms with Crippen LogP contribution in [0.15, 0.2) is 66.7 Å². The minimum absolute atomic E-state index is 0.0147. The van der Waals surface area contributed by atoms with Crippen molar-refractivity contribution in [2.45, 2.75) is 50.5 Å². The number of nitrogens with one attached hydrogen (secondary N) is 3. The van der Waals surface area contributed by atoms with Gasteiger partial charge in [0.05, 0.1) is 18.7 Å². The van der Waals surface area contributed by atoms with Crippen LogP contribution < -0.4 is 20.7 Å². The topological polar surface area (TPSA) is 113 Å². The summed E-state index contributed by atoms with van der Waals surface area (Å²) >= 11 is 6.02. The summed E-state index contributed by atoms with van der Waals surface area (Å²) in [5, 5.41) is 19.0. The van der Waals surface area contributed by atoms with Gasteiger partial charge in [0, 0.05) is 44.3 Å². The lowest BCUT2D eigenvalue weighted by Crippen LogP contribution is -2.51. The molecule has 230 valence electrons. The number of nitrogens with zero attached hydrogens (tertiary/aromatic N) is 4. The van der Waals surface area contributed by atoms with Crippen LogP contribution >= 0.6 is 11.6 Å². The number of fused-ring (bicyclic) bond motifs is 1. The number of hydrogen-bond acceptors (Lipinski definition) is 7. The number of carbonyl (C=O) groups is 2. The van der Waals surface area contributed by atoms with Gasteiger partial charge < -0.3 is 25.6 Å². The largest absolute Gasteiger partial charge is 0.497 e. The highest BCUT2D eigenvalue weighted by atomic mass is 35.5. The van der Waals surface area contributed by atoms with E-state index >= 15 is 0 Å². The maximum atomic E-state index is 13.9. The van der Waals surface area contributed by atoms with Crippen LogP contribution in [-0.2, 0) is 36.1 Å². The van der Waals surface area contributed by atoms with Gasteiger partial charge in [0.2, 0.25) is 11.8 Å². The molecule has 3 heterocycles. The molecule has 11 heteroatoms. The molecule has 4 aromatic rings. The highest BCUT2D eigenvalue weighted by molar-refractivity contribution is 6.30. The Labute approximate surface area is 262 Å². The fourth-order valence-electron chi connectivity index (χ4n) is 6.30. The van der Waals surface area contributed by atoms with E-state index in [1.807, 2.05) is 61.6 Å². The zero-order valence-corrected chi connectivity index (χ0v) is 25.8. The Morgan fingerprint density at radius 1 is 1.00 bits per heavy atom. The molecular formula is C33H38ClN7O3. The molecule has 2 saturated heterocycles. The Balaban J connectivity index is 1.11. The predicted octanol–water partition coefficient (Wildman–Crippen LogP) is 3.23. The third-order valence-electron chi connectivity index (χ3n) is 8.74. The number of likely N-dealkylation sites (tertiary alicyclic amines) is 1. The number of halogens is 1. The average molecular weight is 616 g/mol. The Morgan fingerprint density at radius 3 is 2.52 bits per heavy atom. The third kappa shape index (κ3) is 6.88. The second-order valence-corrected chi connectivity index (χ2v) is 12.3. The van der Waals surface area contributed by atoms with Crippen LogP contribution in [0.3, 0.4) is 0 Å². The maximum Gasteiger partial charge on any atom is 0.243 e. The molecule has 3 aromatic carbocycles. The van der Waals surface area contributed by atoms with E-state index in [4.69, 9.17) is 16.3 Å². The molecule has 1 unspecified atom stereocenters. The summed E-state index contributed by atoms with van der Waals surface area (Å²) in [6.45, 7) is 2.28. The number of ether oxygens (including phenoxy) is 1. The van der Waals surface area contributed by atoms with Crippen LogP contribution in [0.5, 0.6) is 5.75 Å². The normalized spacial score (nSPS) is 21.6. The van der Waals surface area contributed by atoms with Gasteiger partial charge >= 0.3 is 0 Å². The highest BCUT2D eigenvalue weighted by Crippen LogP contribution is 2.29. The van der Waals surface area contributed by atoms with E-state index in [-0.39, 0.29) is 29.8 Å². The number of amides is 2. The minimum Gasteiger partial charge on any atom is -0.497 e. The number of aryl methyl sites for hydroxylation is 1. The standard InChI is InChI=1S/C33H38ClN7O3/c1-40-30-12-7-23(14-28(30)38-39-40)18-37-32(42)31-15-24(13-21-5-10-27(44-2)11-6-21)20-41(31)33(43)29-16-26(19-36-29)35-17-22-3-8-25(34)9-4-22/h3-12,14,24,26,29,31,35-36H,13,15-20H2,1-2H3,(H,37,42)/t24-,26?,29-,31+/m1/s1. The molecular weight excluding hydrogens is 578 g/mol. The SMILES string of the molecule is COc1ccc(C[C@@H]2C[C@@H](C(=O)NCc3ccc4c(c3)nnn4C)N(C(=O)[C@H]3CC(NCc4ccc(Cl)cc4)CN3)C2)cc1. The second-order valence-electron chi connectivity index (χ2n) is 11.8. The number of benzene rings is 3. The molecule has 6 rings (SSSR count). The number of hydrogen-bond donors (Lipinski definition) is 3. The second kappa shape index (κ2) is 13.3. The highest BCUT2D eigenvalue weighted by Gasteiger charge is 2.43. The molecule has 2 fully saturated rings. The summed E-state index contributed by atoms with van der Waals surface area (Å²) in [5.41, 5.74) is 4.94. The van der Waals surface area contributed by atoms with Gasteiger partial charge in [-0.3, -0.25) is 9.59 Å². The summed E-state index contributed by atoms with van der Waals surface area (Å²) in [6.07, 6.45) is 2.06. The first kappa shape index (κ1) is 30.1. The molecule has 0 bridgehead atoms. The smallest absolute Gasteiger partial charge is 0.243 e. The molecule has 0 spiro atoms. The number of rotatable bonds is 10. The van der Waals surface area contributed by atoms with Gasteiger partial charge in [-0.2, -0.15) is 0 Å². The Hall–Kier alpha value is -3.99. The van der Waals surface area contributed by atoms with Crippen LogP contribution in [0.2, 0.25) is 5.02 Å². The lowest BCUT2D eigenvalue weighted by molar-refractivity contribution is -0.139. The summed E-state index contributed by atoms with van der Waals surface area (Å²) in [5.74, 6) is 0.823. The molecule has 0 radical (unpaired) electrons. The van der Waals surface area contributed by atoms with E-state index in [1.165, 1.54) is 0 Å². The van der Waals surface area contributed by atoms with Gasteiger partial charge in [0.25, 0.3) is 0 Å². The fraction of sp³-hybridized carbons (Fsp3) is 0.394. The first-order chi connectivity index (χ1) is 21.4. The number of methoxy groups -OCH3 is 1. The van der Waals surface area contributed by atoms with Crippen LogP contribution in [0.1, 0.15) is 29.5 Å². The number of aromatic nitrogens is 3. The molecule has 0 saturated carbocycles. The molecule has 2 amide bonds. The third-order valence-corrected chi connectivity index (χ3v) is 8.99. The zero-order valence-electron chi connectivity index (χ0n) is 25.0. The fourth-order valence-corrected chi connectivity index (χ4v) is 6.43. The van der Waals surface area contributed by atoms with Crippen LogP contribution in [-0.4, -0.2) is 70.0 Å². The lowest BCUT2D eigenvalue weighted by Gasteiger charge is -2.27. The van der Waals surface area contributed by atoms with Gasteiger partial charge in [-0.1, -0.05) is 47.1 Å². The monoisotopic (exact) mass is 615 g/mol. The average Bonchev–Trinajstić information content (AvgIpc) is 3.79. The summed E-state index contributed by atoms with van der Waals surface area (Å²) < 4.78 is 7.03. The molecule has 10 nitrogen and oxygen atoms in total. The first-order valence-corrected chi connectivity index (χ1v) is 15.4. The molecule has 3 N–H and O–H groups in total. The molecule has 4 atom stereocenters. The van der Waals surface area contributed by atoms with E-state index in [2.05, 4.69) is 38.4 Å². The Kier molecular flexibility index (Phi) is 9.11. The van der Waals surface area contributed by atoms with E-state index in [1.54, 1.807) is 16.7 Å². The van der Waals surface area contributed by atoms with Gasteiger partial charge in [0.15, 0.2) is 0 Å². The minimum atomic E-state index is -0.533. The number of carbonyl (C=O) groups excluding carboxylic acids is 2. The summed E-state index contributed by atoms with van der Waals surface area (Å²) in [4.78, 5) is 29.4. The van der Waals surface area contributed by atoms with Crippen molar-refractivity contribution < 1.29 is 14.3 Å². The molecule has 1 aromatic heterocycles. The predicted molar refractivity (Wildman–Crippen MR) is 169 cm³/mol. The van der Waals surface area contributed by atoms with E-state index in [0.29, 0.717) is 44.0 Å². The van der Waals surface area contributed by atoms with Crippen molar-refractivity contribution in [2.75, 3.05) is 20.2 Å². The van der Waals surface area contributed by atoms with Crippen molar-refractivity contribution in [1.82, 2.24) is 35.8 Å². The van der Waals surface area contributed by atoms with Crippen molar-refractivity contribution >= 4 is 34.4 Å². The van der Waals surface area contributed by atoms with Crippen molar-refractivity contribution in [1.29, 1.82) is 0 Å². The van der Waals surface area contributed by atoms with Crippen molar-refractivity contribution in [3.8, 4) is 5.75 Å². The zero-order chi connectivity index (χ0) is 30.6. The quantitative estimate of drug-likeness (QED) is 0.251. The van der Waals surface area contributed by atoms with E-state index < -0.39 is 6.04 Å². The van der Waals surface area contributed by atoms with Gasteiger partial charge in [-0.15, -0.1) is 5.10 Å². The van der Waals surface area contributed by atoms with Crippen LogP contribution in [0.4, 0.5) is 0 Å². The summed E-state index contributed by atoms with van der Waals surface area (Å²) in [7, 11) is 3.50. The van der Waals surface area contributed by atoms with Gasteiger partial charge in [0.1, 0.15) is 17.3 Å². The molecule has 2 aliphatic rings. The Morgan fingerprint density at radius 2 is 1.75 bits per heavy atom. The molecule has 44 heavy (non-hydrogen) atoms. The van der Waals surface area contributed by atoms with Crippen LogP contribution in [0, 0.1) is 5.92 Å². The van der Waals surface area contributed by atoms with Crippen LogP contribution in [0.25, 0.3) is 11.0 Å². The van der Waals surface area contributed by atoms with Crippen molar-refractivity contribution in [3.63, 3.8) is 0 Å².